The van der Waals surface area contributed by atoms with Crippen molar-refractivity contribution in [3.05, 3.63) is 56.2 Å². The van der Waals surface area contributed by atoms with Crippen LogP contribution in [0.4, 0.5) is 0 Å². The molecule has 2 rings (SSSR count). The highest BCUT2D eigenvalue weighted by Gasteiger charge is 2.13. The zero-order chi connectivity index (χ0) is 12.3. The van der Waals surface area contributed by atoms with Gasteiger partial charge in [0.05, 0.1) is 9.83 Å². The Bertz CT molecular complexity index is 475. The molecule has 0 bridgehead atoms. The lowest BCUT2D eigenvalue weighted by atomic mass is 10.0. The van der Waals surface area contributed by atoms with Crippen molar-refractivity contribution in [2.75, 3.05) is 7.05 Å². The Kier molecular flexibility index (Phi) is 4.37. The van der Waals surface area contributed by atoms with Crippen LogP contribution in [-0.2, 0) is 6.42 Å². The van der Waals surface area contributed by atoms with Gasteiger partial charge in [0.25, 0.3) is 0 Å². The van der Waals surface area contributed by atoms with Crippen molar-refractivity contribution in [1.82, 2.24) is 5.32 Å². The minimum absolute atomic E-state index is 0.289. The van der Waals surface area contributed by atoms with Crippen LogP contribution in [0.2, 0.25) is 0 Å². The summed E-state index contributed by atoms with van der Waals surface area (Å²) in [6.07, 6.45) is 1.09. The molecule has 3 heteroatoms. The zero-order valence-corrected chi connectivity index (χ0v) is 12.4. The Morgan fingerprint density at radius 2 is 1.88 bits per heavy atom. The predicted molar refractivity (Wildman–Crippen MR) is 78.7 cm³/mol. The van der Waals surface area contributed by atoms with Gasteiger partial charge in [0.15, 0.2) is 0 Å². The van der Waals surface area contributed by atoms with Crippen LogP contribution in [0.15, 0.2) is 40.2 Å². The lowest BCUT2D eigenvalue weighted by Crippen LogP contribution is -2.16. The summed E-state index contributed by atoms with van der Waals surface area (Å²) in [4.78, 5) is 1.34. The lowest BCUT2D eigenvalue weighted by molar-refractivity contribution is 0.703. The Morgan fingerprint density at radius 3 is 2.35 bits per heavy atom. The van der Waals surface area contributed by atoms with Crippen LogP contribution in [0.25, 0.3) is 0 Å². The molecule has 0 aliphatic rings. The molecule has 0 saturated heterocycles. The highest BCUT2D eigenvalue weighted by atomic mass is 79.9. The average Bonchev–Trinajstić information content (AvgIpc) is 2.78. The summed E-state index contributed by atoms with van der Waals surface area (Å²) < 4.78 is 1.18. The number of hydrogen-bond acceptors (Lipinski definition) is 2. The first-order valence-electron chi connectivity index (χ1n) is 5.76. The van der Waals surface area contributed by atoms with Crippen LogP contribution < -0.4 is 5.32 Å². The van der Waals surface area contributed by atoms with Crippen molar-refractivity contribution >= 4 is 27.3 Å². The van der Waals surface area contributed by atoms with E-state index in [0.717, 1.165) is 6.42 Å². The van der Waals surface area contributed by atoms with Crippen molar-refractivity contribution in [3.8, 4) is 0 Å². The van der Waals surface area contributed by atoms with Crippen LogP contribution in [-0.4, -0.2) is 7.05 Å². The Labute approximate surface area is 115 Å². The number of nitrogens with one attached hydrogen (secondary N) is 1. The summed E-state index contributed by atoms with van der Waals surface area (Å²) in [6.45, 7) is 2.18. The second-order valence-electron chi connectivity index (χ2n) is 3.96. The van der Waals surface area contributed by atoms with Crippen LogP contribution in [0.5, 0.6) is 0 Å². The third kappa shape index (κ3) is 2.97. The first kappa shape index (κ1) is 12.8. The SMILES string of the molecule is CCc1ccc(C(NC)c2ccc(Br)s2)cc1. The monoisotopic (exact) mass is 309 g/mol. The van der Waals surface area contributed by atoms with Crippen molar-refractivity contribution < 1.29 is 0 Å². The highest BCUT2D eigenvalue weighted by Crippen LogP contribution is 2.31. The molecule has 90 valence electrons. The molecule has 0 spiro atoms. The van der Waals surface area contributed by atoms with Gasteiger partial charge in [0.2, 0.25) is 0 Å². The first-order chi connectivity index (χ1) is 8.24. The highest BCUT2D eigenvalue weighted by molar-refractivity contribution is 9.11. The molecule has 1 aromatic carbocycles. The van der Waals surface area contributed by atoms with E-state index in [-0.39, 0.29) is 6.04 Å². The number of aryl methyl sites for hydroxylation is 1. The summed E-state index contributed by atoms with van der Waals surface area (Å²) in [5.41, 5.74) is 2.70. The minimum Gasteiger partial charge on any atom is -0.309 e. The second-order valence-corrected chi connectivity index (χ2v) is 6.45. The van der Waals surface area contributed by atoms with E-state index in [1.54, 1.807) is 11.3 Å². The maximum atomic E-state index is 3.52. The minimum atomic E-state index is 0.289. The molecular weight excluding hydrogens is 294 g/mol. The quantitative estimate of drug-likeness (QED) is 0.883. The molecule has 0 saturated carbocycles. The topological polar surface area (TPSA) is 12.0 Å². The molecule has 1 atom stereocenters. The van der Waals surface area contributed by atoms with E-state index in [1.807, 2.05) is 7.05 Å². The Hall–Kier alpha value is -0.640. The maximum Gasteiger partial charge on any atom is 0.0702 e. The van der Waals surface area contributed by atoms with Crippen LogP contribution >= 0.6 is 27.3 Å². The molecule has 0 aliphatic carbocycles. The number of halogens is 1. The van der Waals surface area contributed by atoms with E-state index in [9.17, 15) is 0 Å². The molecule has 0 fully saturated rings. The van der Waals surface area contributed by atoms with Crippen molar-refractivity contribution in [1.29, 1.82) is 0 Å². The lowest BCUT2D eigenvalue weighted by Gasteiger charge is -2.15. The fraction of sp³-hybridized carbons (Fsp3) is 0.286. The fourth-order valence-electron chi connectivity index (χ4n) is 1.90. The van der Waals surface area contributed by atoms with Gasteiger partial charge in [-0.1, -0.05) is 31.2 Å². The smallest absolute Gasteiger partial charge is 0.0702 e. The largest absolute Gasteiger partial charge is 0.309 e. The van der Waals surface area contributed by atoms with Gasteiger partial charge in [-0.2, -0.15) is 0 Å². The predicted octanol–water partition coefficient (Wildman–Crippen LogP) is 4.38. The van der Waals surface area contributed by atoms with E-state index in [0.29, 0.717) is 0 Å². The van der Waals surface area contributed by atoms with E-state index in [4.69, 9.17) is 0 Å². The third-order valence-electron chi connectivity index (χ3n) is 2.89. The normalized spacial score (nSPS) is 12.6. The number of rotatable bonds is 4. The van der Waals surface area contributed by atoms with Gasteiger partial charge < -0.3 is 5.32 Å². The second kappa shape index (κ2) is 5.80. The van der Waals surface area contributed by atoms with Gasteiger partial charge in [0.1, 0.15) is 0 Å². The molecule has 1 N–H and O–H groups in total. The summed E-state index contributed by atoms with van der Waals surface area (Å²) in [7, 11) is 2.01. The van der Waals surface area contributed by atoms with Gasteiger partial charge in [-0.3, -0.25) is 0 Å². The molecule has 0 aliphatic heterocycles. The molecule has 17 heavy (non-hydrogen) atoms. The molecule has 1 heterocycles. The Morgan fingerprint density at radius 1 is 1.18 bits per heavy atom. The first-order valence-corrected chi connectivity index (χ1v) is 7.37. The summed E-state index contributed by atoms with van der Waals surface area (Å²) in [6, 6.07) is 13.4. The molecular formula is C14H16BrNS. The third-order valence-corrected chi connectivity index (χ3v) is 4.58. The summed E-state index contributed by atoms with van der Waals surface area (Å²) in [5.74, 6) is 0. The fourth-order valence-corrected chi connectivity index (χ4v) is 3.46. The van der Waals surface area contributed by atoms with Gasteiger partial charge in [-0.15, -0.1) is 11.3 Å². The van der Waals surface area contributed by atoms with Gasteiger partial charge in [0, 0.05) is 4.88 Å². The average molecular weight is 310 g/mol. The molecule has 1 aromatic heterocycles. The molecule has 2 aromatic rings. The summed E-state index contributed by atoms with van der Waals surface area (Å²) >= 11 is 5.30. The number of hydrogen-bond donors (Lipinski definition) is 1. The molecule has 1 nitrogen and oxygen atoms in total. The number of benzene rings is 1. The molecule has 0 amide bonds. The van der Waals surface area contributed by atoms with Gasteiger partial charge in [-0.25, -0.2) is 0 Å². The molecule has 1 unspecified atom stereocenters. The van der Waals surface area contributed by atoms with Crippen molar-refractivity contribution in [3.63, 3.8) is 0 Å². The van der Waals surface area contributed by atoms with Gasteiger partial charge >= 0.3 is 0 Å². The van der Waals surface area contributed by atoms with E-state index < -0.39 is 0 Å². The van der Waals surface area contributed by atoms with E-state index >= 15 is 0 Å². The summed E-state index contributed by atoms with van der Waals surface area (Å²) in [5, 5.41) is 3.38. The van der Waals surface area contributed by atoms with Crippen molar-refractivity contribution in [2.24, 2.45) is 0 Å². The Balaban J connectivity index is 2.28. The van der Waals surface area contributed by atoms with Crippen LogP contribution in [0.3, 0.4) is 0 Å². The maximum absolute atomic E-state index is 3.52. The molecule has 0 radical (unpaired) electrons. The zero-order valence-electron chi connectivity index (χ0n) is 10.0. The van der Waals surface area contributed by atoms with Crippen LogP contribution in [0, 0.1) is 0 Å². The van der Waals surface area contributed by atoms with E-state index in [1.165, 1.54) is 19.8 Å². The number of thiophene rings is 1. The van der Waals surface area contributed by atoms with E-state index in [2.05, 4.69) is 64.6 Å². The van der Waals surface area contributed by atoms with Crippen LogP contribution in [0.1, 0.15) is 29.0 Å². The van der Waals surface area contributed by atoms with Gasteiger partial charge in [-0.05, 0) is 52.7 Å². The standard InChI is InChI=1S/C14H16BrNS/c1-3-10-4-6-11(7-5-10)14(16-2)12-8-9-13(15)17-12/h4-9,14,16H,3H2,1-2H3. The van der Waals surface area contributed by atoms with Crippen molar-refractivity contribution in [2.45, 2.75) is 19.4 Å².